The average Bonchev–Trinajstić information content (AvgIpc) is 3.41. The van der Waals surface area contributed by atoms with E-state index in [0.717, 1.165) is 31.2 Å². The predicted octanol–water partition coefficient (Wildman–Crippen LogP) is 4.43. The number of thiophene rings is 1. The van der Waals surface area contributed by atoms with Crippen LogP contribution in [0.25, 0.3) is 0 Å². The van der Waals surface area contributed by atoms with E-state index < -0.39 is 0 Å². The number of methoxy groups -OCH3 is 1. The number of benzene rings is 1. The summed E-state index contributed by atoms with van der Waals surface area (Å²) < 4.78 is 13.1. The molecule has 1 aliphatic rings. The van der Waals surface area contributed by atoms with Gasteiger partial charge in [0.15, 0.2) is 22.5 Å². The molecule has 2 heterocycles. The first kappa shape index (κ1) is 23.1. The highest BCUT2D eigenvalue weighted by atomic mass is 32.2. The molecule has 4 rings (SSSR count). The lowest BCUT2D eigenvalue weighted by Gasteiger charge is -2.11. The number of aromatic nitrogens is 3. The standard InChI is InChI=1S/C23H25N5O3S2/c1-3-28-20(13-31-18-10-6-5-9-17(18)30-2)26-27-23(28)32-14-21(29)25-22-16(12-24)15-8-4-7-11-19(15)33-22/h5-6,9-10H,3-4,7-8,11,13-14H2,1-2H3,(H,25,29). The molecule has 1 aliphatic carbocycles. The molecule has 0 fully saturated rings. The number of carbonyl (C=O) groups is 1. The minimum Gasteiger partial charge on any atom is -0.493 e. The van der Waals surface area contributed by atoms with Crippen LogP contribution in [0.2, 0.25) is 0 Å². The van der Waals surface area contributed by atoms with Gasteiger partial charge in [-0.2, -0.15) is 5.26 Å². The third kappa shape index (κ3) is 5.15. The zero-order valence-electron chi connectivity index (χ0n) is 18.6. The molecule has 0 bridgehead atoms. The first-order valence-electron chi connectivity index (χ1n) is 10.8. The predicted molar refractivity (Wildman–Crippen MR) is 128 cm³/mol. The monoisotopic (exact) mass is 483 g/mol. The second kappa shape index (κ2) is 10.7. The Hall–Kier alpha value is -3.03. The molecule has 33 heavy (non-hydrogen) atoms. The zero-order chi connectivity index (χ0) is 23.2. The van der Waals surface area contributed by atoms with Crippen molar-refractivity contribution in [2.75, 3.05) is 18.2 Å². The van der Waals surface area contributed by atoms with Crippen LogP contribution >= 0.6 is 23.1 Å². The van der Waals surface area contributed by atoms with Crippen molar-refractivity contribution in [2.45, 2.75) is 50.9 Å². The van der Waals surface area contributed by atoms with Crippen molar-refractivity contribution in [2.24, 2.45) is 0 Å². The summed E-state index contributed by atoms with van der Waals surface area (Å²) in [6, 6.07) is 9.71. The number of anilines is 1. The van der Waals surface area contributed by atoms with Crippen LogP contribution in [0.3, 0.4) is 0 Å². The number of amides is 1. The fourth-order valence-corrected chi connectivity index (χ4v) is 5.87. The molecule has 3 aromatic rings. The molecule has 2 aromatic heterocycles. The highest BCUT2D eigenvalue weighted by molar-refractivity contribution is 7.99. The lowest BCUT2D eigenvalue weighted by molar-refractivity contribution is -0.113. The molecule has 10 heteroatoms. The summed E-state index contributed by atoms with van der Waals surface area (Å²) >= 11 is 2.85. The van der Waals surface area contributed by atoms with Crippen LogP contribution < -0.4 is 14.8 Å². The zero-order valence-corrected chi connectivity index (χ0v) is 20.2. The van der Waals surface area contributed by atoms with Gasteiger partial charge in [-0.15, -0.1) is 21.5 Å². The fourth-order valence-electron chi connectivity index (χ4n) is 3.80. The van der Waals surface area contributed by atoms with Crippen LogP contribution in [-0.4, -0.2) is 33.5 Å². The van der Waals surface area contributed by atoms with E-state index >= 15 is 0 Å². The summed E-state index contributed by atoms with van der Waals surface area (Å²) in [6.07, 6.45) is 4.13. The Bertz CT molecular complexity index is 1180. The van der Waals surface area contributed by atoms with E-state index in [1.807, 2.05) is 35.8 Å². The third-order valence-electron chi connectivity index (χ3n) is 5.40. The van der Waals surface area contributed by atoms with Crippen LogP contribution in [0.4, 0.5) is 5.00 Å². The van der Waals surface area contributed by atoms with Gasteiger partial charge in [-0.3, -0.25) is 4.79 Å². The molecule has 0 atom stereocenters. The summed E-state index contributed by atoms with van der Waals surface area (Å²) in [5.41, 5.74) is 1.74. The van der Waals surface area contributed by atoms with Gasteiger partial charge in [0.25, 0.3) is 0 Å². The highest BCUT2D eigenvalue weighted by Crippen LogP contribution is 2.37. The van der Waals surface area contributed by atoms with Crippen molar-refractivity contribution >= 4 is 34.0 Å². The number of thioether (sulfide) groups is 1. The van der Waals surface area contributed by atoms with Gasteiger partial charge in [0.05, 0.1) is 18.4 Å². The van der Waals surface area contributed by atoms with Crippen LogP contribution in [-0.2, 0) is 30.8 Å². The van der Waals surface area contributed by atoms with Crippen molar-refractivity contribution in [1.82, 2.24) is 14.8 Å². The number of nitrogens with zero attached hydrogens (tertiary/aromatic N) is 4. The topological polar surface area (TPSA) is 102 Å². The quantitative estimate of drug-likeness (QED) is 0.449. The maximum atomic E-state index is 12.6. The molecule has 0 saturated heterocycles. The molecule has 0 spiro atoms. The van der Waals surface area contributed by atoms with Crippen LogP contribution in [0, 0.1) is 11.3 Å². The van der Waals surface area contributed by atoms with Crippen molar-refractivity contribution in [3.8, 4) is 17.6 Å². The van der Waals surface area contributed by atoms with E-state index in [0.29, 0.717) is 39.6 Å². The lowest BCUT2D eigenvalue weighted by Crippen LogP contribution is -2.15. The van der Waals surface area contributed by atoms with E-state index in [9.17, 15) is 10.1 Å². The number of nitrogens with one attached hydrogen (secondary N) is 1. The highest BCUT2D eigenvalue weighted by Gasteiger charge is 2.22. The smallest absolute Gasteiger partial charge is 0.235 e. The molecule has 8 nitrogen and oxygen atoms in total. The number of para-hydroxylation sites is 2. The molecule has 0 unspecified atom stereocenters. The molecule has 0 saturated carbocycles. The molecule has 0 radical (unpaired) electrons. The molecule has 1 N–H and O–H groups in total. The first-order chi connectivity index (χ1) is 16.1. The fraction of sp³-hybridized carbons (Fsp3) is 0.391. The number of ether oxygens (including phenoxy) is 2. The number of fused-ring (bicyclic) bond motifs is 1. The van der Waals surface area contributed by atoms with Gasteiger partial charge >= 0.3 is 0 Å². The van der Waals surface area contributed by atoms with E-state index in [2.05, 4.69) is 21.6 Å². The Balaban J connectivity index is 1.38. The summed E-state index contributed by atoms with van der Waals surface area (Å²) in [7, 11) is 1.60. The van der Waals surface area contributed by atoms with Crippen molar-refractivity contribution in [3.63, 3.8) is 0 Å². The summed E-state index contributed by atoms with van der Waals surface area (Å²) in [6.45, 7) is 2.88. The van der Waals surface area contributed by atoms with E-state index in [4.69, 9.17) is 9.47 Å². The molecule has 0 aliphatic heterocycles. The van der Waals surface area contributed by atoms with Gasteiger partial charge in [-0.1, -0.05) is 23.9 Å². The normalized spacial score (nSPS) is 12.6. The summed E-state index contributed by atoms with van der Waals surface area (Å²) in [5.74, 6) is 1.97. The Labute approximate surface area is 200 Å². The molecule has 1 amide bonds. The van der Waals surface area contributed by atoms with E-state index in [1.165, 1.54) is 28.0 Å². The summed E-state index contributed by atoms with van der Waals surface area (Å²) in [5, 5.41) is 22.3. The van der Waals surface area contributed by atoms with Crippen molar-refractivity contribution < 1.29 is 14.3 Å². The minimum absolute atomic E-state index is 0.160. The average molecular weight is 484 g/mol. The summed E-state index contributed by atoms with van der Waals surface area (Å²) in [4.78, 5) is 13.9. The van der Waals surface area contributed by atoms with E-state index in [1.54, 1.807) is 7.11 Å². The lowest BCUT2D eigenvalue weighted by atomic mass is 9.96. The van der Waals surface area contributed by atoms with Crippen LogP contribution in [0.15, 0.2) is 29.4 Å². The van der Waals surface area contributed by atoms with Crippen molar-refractivity contribution in [1.29, 1.82) is 5.26 Å². The minimum atomic E-state index is -0.160. The van der Waals surface area contributed by atoms with Gasteiger partial charge in [-0.25, -0.2) is 0 Å². The Kier molecular flexibility index (Phi) is 7.52. The van der Waals surface area contributed by atoms with Gasteiger partial charge in [0.1, 0.15) is 17.7 Å². The second-order valence-corrected chi connectivity index (χ2v) is 9.49. The van der Waals surface area contributed by atoms with Gasteiger partial charge in [0, 0.05) is 11.4 Å². The van der Waals surface area contributed by atoms with Crippen LogP contribution in [0.5, 0.6) is 11.5 Å². The van der Waals surface area contributed by atoms with Gasteiger partial charge < -0.3 is 19.4 Å². The number of nitriles is 1. The van der Waals surface area contributed by atoms with Gasteiger partial charge in [-0.05, 0) is 50.3 Å². The Morgan fingerprint density at radius 2 is 2.06 bits per heavy atom. The van der Waals surface area contributed by atoms with Crippen molar-refractivity contribution in [3.05, 3.63) is 46.1 Å². The third-order valence-corrected chi connectivity index (χ3v) is 7.58. The number of hydrogen-bond donors (Lipinski definition) is 1. The number of hydrogen-bond acceptors (Lipinski definition) is 8. The Morgan fingerprint density at radius 1 is 1.27 bits per heavy atom. The maximum absolute atomic E-state index is 12.6. The molecular weight excluding hydrogens is 458 g/mol. The number of rotatable bonds is 9. The maximum Gasteiger partial charge on any atom is 0.235 e. The SMILES string of the molecule is CCn1c(COc2ccccc2OC)nnc1SCC(=O)Nc1sc2c(c1C#N)CCCC2. The molecular formula is C23H25N5O3S2. The van der Waals surface area contributed by atoms with E-state index in [-0.39, 0.29) is 18.3 Å². The molecule has 172 valence electrons. The molecule has 1 aromatic carbocycles. The van der Waals surface area contributed by atoms with Gasteiger partial charge in [0.2, 0.25) is 5.91 Å². The number of aryl methyl sites for hydroxylation is 1. The first-order valence-corrected chi connectivity index (χ1v) is 12.6. The number of carbonyl (C=O) groups excluding carboxylic acids is 1. The second-order valence-electron chi connectivity index (χ2n) is 7.45. The largest absolute Gasteiger partial charge is 0.493 e. The Morgan fingerprint density at radius 3 is 2.82 bits per heavy atom. The van der Waals surface area contributed by atoms with Crippen LogP contribution in [0.1, 0.15) is 41.6 Å².